The molecule has 0 spiro atoms. The van der Waals surface area contributed by atoms with Crippen LogP contribution >= 0.6 is 0 Å². The highest BCUT2D eigenvalue weighted by Gasteiger charge is 2.06. The topological polar surface area (TPSA) is 38.3 Å². The smallest absolute Gasteiger partial charge is 0.224 e. The third-order valence-electron chi connectivity index (χ3n) is 4.12. The molecule has 0 aromatic heterocycles. The van der Waals surface area contributed by atoms with E-state index in [4.69, 9.17) is 4.74 Å². The van der Waals surface area contributed by atoms with E-state index in [9.17, 15) is 4.79 Å². The van der Waals surface area contributed by atoms with Gasteiger partial charge >= 0.3 is 0 Å². The summed E-state index contributed by atoms with van der Waals surface area (Å²) in [7, 11) is 0. The van der Waals surface area contributed by atoms with Gasteiger partial charge in [-0.2, -0.15) is 0 Å². The Morgan fingerprint density at radius 3 is 2.48 bits per heavy atom. The predicted octanol–water partition coefficient (Wildman–Crippen LogP) is 4.19. The van der Waals surface area contributed by atoms with Gasteiger partial charge in [-0.25, -0.2) is 0 Å². The summed E-state index contributed by atoms with van der Waals surface area (Å²) in [5.41, 5.74) is 3.40. The first-order valence-electron chi connectivity index (χ1n) is 8.56. The highest BCUT2D eigenvalue weighted by Crippen LogP contribution is 2.19. The number of hydrogen-bond acceptors (Lipinski definition) is 2. The fourth-order valence-corrected chi connectivity index (χ4v) is 3.06. The summed E-state index contributed by atoms with van der Waals surface area (Å²) >= 11 is 0. The molecule has 0 saturated heterocycles. The molecule has 0 bridgehead atoms. The van der Waals surface area contributed by atoms with Crippen LogP contribution in [-0.4, -0.2) is 19.1 Å². The zero-order valence-corrected chi connectivity index (χ0v) is 14.7. The number of fused-ring (bicyclic) bond motifs is 1. The van der Waals surface area contributed by atoms with Crippen LogP contribution in [0.4, 0.5) is 0 Å². The molecule has 0 heterocycles. The van der Waals surface area contributed by atoms with Crippen molar-refractivity contribution in [2.24, 2.45) is 0 Å². The van der Waals surface area contributed by atoms with E-state index in [1.54, 1.807) is 0 Å². The van der Waals surface area contributed by atoms with Crippen LogP contribution < -0.4 is 10.1 Å². The number of aryl methyl sites for hydroxylation is 2. The lowest BCUT2D eigenvalue weighted by molar-refractivity contribution is -0.120. The van der Waals surface area contributed by atoms with E-state index in [2.05, 4.69) is 29.6 Å². The number of benzene rings is 3. The van der Waals surface area contributed by atoms with Gasteiger partial charge in [0.1, 0.15) is 12.4 Å². The second kappa shape index (κ2) is 7.84. The van der Waals surface area contributed by atoms with Gasteiger partial charge in [0.25, 0.3) is 0 Å². The minimum atomic E-state index is 0.0142. The number of carbonyl (C=O) groups excluding carboxylic acids is 1. The fraction of sp³-hybridized carbons (Fsp3) is 0.227. The van der Waals surface area contributed by atoms with Crippen LogP contribution in [0.3, 0.4) is 0 Å². The normalized spacial score (nSPS) is 10.6. The van der Waals surface area contributed by atoms with Crippen molar-refractivity contribution >= 4 is 16.7 Å². The first kappa shape index (κ1) is 17.0. The number of hydrogen-bond donors (Lipinski definition) is 1. The summed E-state index contributed by atoms with van der Waals surface area (Å²) in [5.74, 6) is 0.862. The quantitative estimate of drug-likeness (QED) is 0.687. The van der Waals surface area contributed by atoms with Crippen molar-refractivity contribution in [1.82, 2.24) is 5.32 Å². The lowest BCUT2D eigenvalue weighted by Gasteiger charge is -2.10. The molecule has 3 heteroatoms. The number of rotatable bonds is 6. The molecular formula is C22H23NO2. The molecule has 0 radical (unpaired) electrons. The first-order chi connectivity index (χ1) is 12.1. The van der Waals surface area contributed by atoms with Crippen molar-refractivity contribution in [2.75, 3.05) is 13.2 Å². The van der Waals surface area contributed by atoms with Gasteiger partial charge in [0.15, 0.2) is 0 Å². The molecule has 0 aliphatic heterocycles. The van der Waals surface area contributed by atoms with Gasteiger partial charge in [0.2, 0.25) is 5.91 Å². The Labute approximate surface area is 148 Å². The second-order valence-electron chi connectivity index (χ2n) is 6.34. The molecule has 0 unspecified atom stereocenters. The lowest BCUT2D eigenvalue weighted by atomic mass is 10.0. The van der Waals surface area contributed by atoms with Gasteiger partial charge in [0, 0.05) is 0 Å². The zero-order valence-electron chi connectivity index (χ0n) is 14.7. The Bertz CT molecular complexity index is 861. The van der Waals surface area contributed by atoms with Crippen molar-refractivity contribution in [2.45, 2.75) is 20.3 Å². The molecule has 3 aromatic rings. The molecule has 1 N–H and O–H groups in total. The lowest BCUT2D eigenvalue weighted by Crippen LogP contribution is -2.29. The number of ether oxygens (including phenoxy) is 1. The van der Waals surface area contributed by atoms with Gasteiger partial charge in [-0.05, 0) is 53.4 Å². The zero-order chi connectivity index (χ0) is 17.6. The maximum atomic E-state index is 12.2. The highest BCUT2D eigenvalue weighted by atomic mass is 16.5. The van der Waals surface area contributed by atoms with E-state index in [0.29, 0.717) is 19.6 Å². The summed E-state index contributed by atoms with van der Waals surface area (Å²) in [6, 6.07) is 20.3. The Hall–Kier alpha value is -2.81. The SMILES string of the molecule is Cc1cc(C)cc(OCCNC(=O)Cc2cccc3ccccc23)c1. The van der Waals surface area contributed by atoms with E-state index in [1.165, 1.54) is 11.1 Å². The van der Waals surface area contributed by atoms with Crippen LogP contribution in [0.15, 0.2) is 60.7 Å². The van der Waals surface area contributed by atoms with Crippen LogP contribution in [-0.2, 0) is 11.2 Å². The molecule has 1 amide bonds. The molecule has 3 nitrogen and oxygen atoms in total. The van der Waals surface area contributed by atoms with E-state index < -0.39 is 0 Å². The molecular weight excluding hydrogens is 310 g/mol. The van der Waals surface area contributed by atoms with Gasteiger partial charge < -0.3 is 10.1 Å². The molecule has 128 valence electrons. The molecule has 0 aliphatic rings. The molecule has 0 fully saturated rings. The summed E-state index contributed by atoms with van der Waals surface area (Å²) in [6.45, 7) is 5.05. The van der Waals surface area contributed by atoms with E-state index in [1.807, 2.05) is 50.2 Å². The molecule has 3 rings (SSSR count). The summed E-state index contributed by atoms with van der Waals surface area (Å²) in [6.07, 6.45) is 0.380. The number of carbonyl (C=O) groups is 1. The minimum absolute atomic E-state index is 0.0142. The van der Waals surface area contributed by atoms with Crippen molar-refractivity contribution in [3.63, 3.8) is 0 Å². The monoisotopic (exact) mass is 333 g/mol. The Morgan fingerprint density at radius 2 is 1.68 bits per heavy atom. The highest BCUT2D eigenvalue weighted by molar-refractivity contribution is 5.90. The second-order valence-corrected chi connectivity index (χ2v) is 6.34. The predicted molar refractivity (Wildman–Crippen MR) is 102 cm³/mol. The third kappa shape index (κ3) is 4.60. The molecule has 3 aromatic carbocycles. The fourth-order valence-electron chi connectivity index (χ4n) is 3.06. The van der Waals surface area contributed by atoms with E-state index in [0.717, 1.165) is 22.1 Å². The van der Waals surface area contributed by atoms with Crippen LogP contribution in [0, 0.1) is 13.8 Å². The summed E-state index contributed by atoms with van der Waals surface area (Å²) < 4.78 is 5.72. The first-order valence-corrected chi connectivity index (χ1v) is 8.56. The largest absolute Gasteiger partial charge is 0.492 e. The molecule has 0 aliphatic carbocycles. The van der Waals surface area contributed by atoms with Crippen molar-refractivity contribution in [3.05, 3.63) is 77.4 Å². The summed E-state index contributed by atoms with van der Waals surface area (Å²) in [5, 5.41) is 5.22. The Balaban J connectivity index is 1.51. The van der Waals surface area contributed by atoms with Crippen LogP contribution in [0.1, 0.15) is 16.7 Å². The number of amides is 1. The Kier molecular flexibility index (Phi) is 5.34. The van der Waals surface area contributed by atoms with Crippen LogP contribution in [0.2, 0.25) is 0 Å². The van der Waals surface area contributed by atoms with Crippen molar-refractivity contribution in [1.29, 1.82) is 0 Å². The number of nitrogens with one attached hydrogen (secondary N) is 1. The van der Waals surface area contributed by atoms with E-state index >= 15 is 0 Å². The van der Waals surface area contributed by atoms with Crippen molar-refractivity contribution in [3.8, 4) is 5.75 Å². The Morgan fingerprint density at radius 1 is 0.960 bits per heavy atom. The van der Waals surface area contributed by atoms with Crippen LogP contribution in [0.25, 0.3) is 10.8 Å². The molecule has 25 heavy (non-hydrogen) atoms. The molecule has 0 saturated carbocycles. The van der Waals surface area contributed by atoms with E-state index in [-0.39, 0.29) is 5.91 Å². The average molecular weight is 333 g/mol. The standard InChI is InChI=1S/C22H23NO2/c1-16-12-17(2)14-20(13-16)25-11-10-23-22(24)15-19-8-5-7-18-6-3-4-9-21(18)19/h3-9,12-14H,10-11,15H2,1-2H3,(H,23,24). The maximum Gasteiger partial charge on any atom is 0.224 e. The van der Waals surface area contributed by atoms with Crippen LogP contribution in [0.5, 0.6) is 5.75 Å². The maximum absolute atomic E-state index is 12.2. The van der Waals surface area contributed by atoms with Gasteiger partial charge in [-0.15, -0.1) is 0 Å². The molecule has 0 atom stereocenters. The summed E-state index contributed by atoms with van der Waals surface area (Å²) in [4.78, 5) is 12.2. The minimum Gasteiger partial charge on any atom is -0.492 e. The van der Waals surface area contributed by atoms with Gasteiger partial charge in [-0.1, -0.05) is 48.5 Å². The van der Waals surface area contributed by atoms with Gasteiger partial charge in [0.05, 0.1) is 13.0 Å². The van der Waals surface area contributed by atoms with Gasteiger partial charge in [-0.3, -0.25) is 4.79 Å². The van der Waals surface area contributed by atoms with Crippen molar-refractivity contribution < 1.29 is 9.53 Å². The average Bonchev–Trinajstić information content (AvgIpc) is 2.58. The third-order valence-corrected chi connectivity index (χ3v) is 4.12.